The standard InChI is InChI=1S/C14H20ClFN2/c1-17-9-13-4-2-3-7-18(13)10-11-8-12(15)5-6-14(11)16/h5-6,8,13,17H,2-4,7,9-10H2,1H3. The fourth-order valence-corrected chi connectivity index (χ4v) is 2.81. The Balaban J connectivity index is 2.08. The molecule has 1 atom stereocenters. The van der Waals surface area contributed by atoms with E-state index in [9.17, 15) is 4.39 Å². The summed E-state index contributed by atoms with van der Waals surface area (Å²) in [6.07, 6.45) is 3.65. The molecule has 1 aromatic rings. The molecule has 2 nitrogen and oxygen atoms in total. The molecule has 1 aliphatic heterocycles. The first kappa shape index (κ1) is 13.8. The molecular formula is C14H20ClFN2. The first-order valence-corrected chi connectivity index (χ1v) is 6.91. The lowest BCUT2D eigenvalue weighted by Gasteiger charge is -2.35. The Labute approximate surface area is 113 Å². The molecule has 0 bridgehead atoms. The molecule has 100 valence electrons. The smallest absolute Gasteiger partial charge is 0.127 e. The van der Waals surface area contributed by atoms with Gasteiger partial charge in [-0.15, -0.1) is 0 Å². The fourth-order valence-electron chi connectivity index (χ4n) is 2.62. The summed E-state index contributed by atoms with van der Waals surface area (Å²) >= 11 is 5.93. The largest absolute Gasteiger partial charge is 0.318 e. The highest BCUT2D eigenvalue weighted by molar-refractivity contribution is 6.30. The predicted octanol–water partition coefficient (Wildman–Crippen LogP) is 3.05. The maximum atomic E-state index is 13.7. The van der Waals surface area contributed by atoms with Gasteiger partial charge in [-0.2, -0.15) is 0 Å². The lowest BCUT2D eigenvalue weighted by atomic mass is 10.0. The summed E-state index contributed by atoms with van der Waals surface area (Å²) in [7, 11) is 1.97. The Morgan fingerprint density at radius 3 is 3.06 bits per heavy atom. The van der Waals surface area contributed by atoms with Crippen LogP contribution in [-0.4, -0.2) is 31.1 Å². The van der Waals surface area contributed by atoms with Crippen molar-refractivity contribution in [2.75, 3.05) is 20.1 Å². The molecule has 2 rings (SSSR count). The van der Waals surface area contributed by atoms with Gasteiger partial charge in [0.15, 0.2) is 0 Å². The number of benzene rings is 1. The number of hydrogen-bond acceptors (Lipinski definition) is 2. The van der Waals surface area contributed by atoms with E-state index in [1.54, 1.807) is 12.1 Å². The molecule has 4 heteroatoms. The van der Waals surface area contributed by atoms with Gasteiger partial charge in [-0.3, -0.25) is 4.90 Å². The first-order chi connectivity index (χ1) is 8.70. The molecule has 0 aromatic heterocycles. The maximum Gasteiger partial charge on any atom is 0.127 e. The lowest BCUT2D eigenvalue weighted by molar-refractivity contribution is 0.137. The number of hydrogen-bond donors (Lipinski definition) is 1. The normalized spacial score (nSPS) is 21.2. The van der Waals surface area contributed by atoms with Gasteiger partial charge in [-0.05, 0) is 44.6 Å². The topological polar surface area (TPSA) is 15.3 Å². The van der Waals surface area contributed by atoms with Gasteiger partial charge in [0.1, 0.15) is 5.82 Å². The van der Waals surface area contributed by atoms with E-state index < -0.39 is 0 Å². The fraction of sp³-hybridized carbons (Fsp3) is 0.571. The van der Waals surface area contributed by atoms with Crippen molar-refractivity contribution in [3.8, 4) is 0 Å². The van der Waals surface area contributed by atoms with Crippen LogP contribution in [0, 0.1) is 5.82 Å². The Kier molecular flexibility index (Phi) is 4.98. The highest BCUT2D eigenvalue weighted by atomic mass is 35.5. The number of piperidine rings is 1. The second-order valence-corrected chi connectivity index (χ2v) is 5.35. The van der Waals surface area contributed by atoms with Crippen molar-refractivity contribution < 1.29 is 4.39 Å². The van der Waals surface area contributed by atoms with E-state index in [-0.39, 0.29) is 5.82 Å². The minimum atomic E-state index is -0.159. The zero-order chi connectivity index (χ0) is 13.0. The van der Waals surface area contributed by atoms with Gasteiger partial charge in [-0.25, -0.2) is 4.39 Å². The van der Waals surface area contributed by atoms with E-state index >= 15 is 0 Å². The number of likely N-dealkylation sites (N-methyl/N-ethyl adjacent to an activating group) is 1. The molecule has 18 heavy (non-hydrogen) atoms. The number of rotatable bonds is 4. The molecule has 1 aliphatic rings. The van der Waals surface area contributed by atoms with Crippen LogP contribution in [0.25, 0.3) is 0 Å². The minimum Gasteiger partial charge on any atom is -0.318 e. The molecule has 0 amide bonds. The van der Waals surface area contributed by atoms with Crippen LogP contribution in [0.5, 0.6) is 0 Å². The van der Waals surface area contributed by atoms with Crippen LogP contribution < -0.4 is 5.32 Å². The van der Waals surface area contributed by atoms with Crippen molar-refractivity contribution >= 4 is 11.6 Å². The molecule has 0 radical (unpaired) electrons. The van der Waals surface area contributed by atoms with E-state index in [1.165, 1.54) is 25.3 Å². The summed E-state index contributed by atoms with van der Waals surface area (Å²) in [5.41, 5.74) is 0.700. The summed E-state index contributed by atoms with van der Waals surface area (Å²) in [5, 5.41) is 3.82. The highest BCUT2D eigenvalue weighted by Crippen LogP contribution is 2.22. The third-order valence-corrected chi connectivity index (χ3v) is 3.81. The van der Waals surface area contributed by atoms with Gasteiger partial charge in [0.05, 0.1) is 0 Å². The molecule has 1 saturated heterocycles. The monoisotopic (exact) mass is 270 g/mol. The van der Waals surface area contributed by atoms with Crippen LogP contribution >= 0.6 is 11.6 Å². The van der Waals surface area contributed by atoms with Crippen molar-refractivity contribution in [2.45, 2.75) is 31.8 Å². The van der Waals surface area contributed by atoms with Gasteiger partial charge >= 0.3 is 0 Å². The molecule has 0 saturated carbocycles. The number of halogens is 2. The molecule has 1 fully saturated rings. The quantitative estimate of drug-likeness (QED) is 0.905. The van der Waals surface area contributed by atoms with Crippen molar-refractivity contribution in [3.05, 3.63) is 34.6 Å². The third kappa shape index (κ3) is 3.44. The summed E-state index contributed by atoms with van der Waals surface area (Å²) in [6.45, 7) is 2.65. The summed E-state index contributed by atoms with van der Waals surface area (Å²) in [5.74, 6) is -0.159. The van der Waals surface area contributed by atoms with Crippen LogP contribution in [0.1, 0.15) is 24.8 Å². The van der Waals surface area contributed by atoms with Gasteiger partial charge < -0.3 is 5.32 Å². The molecule has 1 aromatic carbocycles. The lowest BCUT2D eigenvalue weighted by Crippen LogP contribution is -2.44. The SMILES string of the molecule is CNCC1CCCCN1Cc1cc(Cl)ccc1F. The van der Waals surface area contributed by atoms with Crippen LogP contribution in [0.15, 0.2) is 18.2 Å². The molecular weight excluding hydrogens is 251 g/mol. The van der Waals surface area contributed by atoms with Crippen LogP contribution in [0.3, 0.4) is 0 Å². The zero-order valence-corrected chi connectivity index (χ0v) is 11.5. The van der Waals surface area contributed by atoms with E-state index in [4.69, 9.17) is 11.6 Å². The second kappa shape index (κ2) is 6.50. The van der Waals surface area contributed by atoms with Gasteiger partial charge in [0, 0.05) is 29.7 Å². The Bertz CT molecular complexity index is 395. The maximum absolute atomic E-state index is 13.7. The molecule has 1 N–H and O–H groups in total. The third-order valence-electron chi connectivity index (χ3n) is 3.57. The summed E-state index contributed by atoms with van der Waals surface area (Å²) < 4.78 is 13.7. The second-order valence-electron chi connectivity index (χ2n) is 4.91. The number of nitrogens with zero attached hydrogens (tertiary/aromatic N) is 1. The van der Waals surface area contributed by atoms with Crippen LogP contribution in [-0.2, 0) is 6.54 Å². The average Bonchev–Trinajstić information content (AvgIpc) is 2.36. The molecule has 1 heterocycles. The molecule has 0 spiro atoms. The number of likely N-dealkylation sites (tertiary alicyclic amines) is 1. The van der Waals surface area contributed by atoms with Crippen LogP contribution in [0.2, 0.25) is 5.02 Å². The van der Waals surface area contributed by atoms with E-state index in [0.29, 0.717) is 23.2 Å². The predicted molar refractivity (Wildman–Crippen MR) is 73.4 cm³/mol. The Morgan fingerprint density at radius 1 is 1.44 bits per heavy atom. The summed E-state index contributed by atoms with van der Waals surface area (Å²) in [4.78, 5) is 2.36. The minimum absolute atomic E-state index is 0.159. The van der Waals surface area contributed by atoms with Crippen molar-refractivity contribution in [3.63, 3.8) is 0 Å². The Morgan fingerprint density at radius 2 is 2.28 bits per heavy atom. The Hall–Kier alpha value is -0.640. The first-order valence-electron chi connectivity index (χ1n) is 6.53. The van der Waals surface area contributed by atoms with Crippen molar-refractivity contribution in [2.24, 2.45) is 0 Å². The van der Waals surface area contributed by atoms with E-state index in [0.717, 1.165) is 13.1 Å². The van der Waals surface area contributed by atoms with Crippen molar-refractivity contribution in [1.82, 2.24) is 10.2 Å². The van der Waals surface area contributed by atoms with E-state index in [2.05, 4.69) is 10.2 Å². The van der Waals surface area contributed by atoms with Gasteiger partial charge in [0.2, 0.25) is 0 Å². The molecule has 1 unspecified atom stereocenters. The summed E-state index contributed by atoms with van der Waals surface area (Å²) in [6, 6.07) is 5.29. The van der Waals surface area contributed by atoms with Crippen molar-refractivity contribution in [1.29, 1.82) is 0 Å². The molecule has 0 aliphatic carbocycles. The van der Waals surface area contributed by atoms with E-state index in [1.807, 2.05) is 7.05 Å². The zero-order valence-electron chi connectivity index (χ0n) is 10.8. The van der Waals surface area contributed by atoms with Gasteiger partial charge in [0.25, 0.3) is 0 Å². The highest BCUT2D eigenvalue weighted by Gasteiger charge is 2.22. The average molecular weight is 271 g/mol. The van der Waals surface area contributed by atoms with Gasteiger partial charge in [-0.1, -0.05) is 18.0 Å². The number of nitrogens with one attached hydrogen (secondary N) is 1. The van der Waals surface area contributed by atoms with Crippen LogP contribution in [0.4, 0.5) is 4.39 Å².